The second kappa shape index (κ2) is 5.66. The number of carbonyl (C=O) groups is 1. The van der Waals surface area contributed by atoms with Crippen LogP contribution < -0.4 is 10.5 Å². The molecule has 0 saturated heterocycles. The molecule has 0 aliphatic rings. The van der Waals surface area contributed by atoms with Crippen LogP contribution in [0.1, 0.15) is 28.2 Å². The highest BCUT2D eigenvalue weighted by molar-refractivity contribution is 6.67. The Labute approximate surface area is 108 Å². The van der Waals surface area contributed by atoms with E-state index in [9.17, 15) is 26.7 Å². The molecule has 0 aliphatic heterocycles. The van der Waals surface area contributed by atoms with E-state index >= 15 is 0 Å². The highest BCUT2D eigenvalue weighted by Gasteiger charge is 2.33. The smallest absolute Gasteiger partial charge is 0.404 e. The second-order valence-electron chi connectivity index (χ2n) is 3.19. The van der Waals surface area contributed by atoms with Crippen molar-refractivity contribution in [1.29, 1.82) is 0 Å². The van der Waals surface area contributed by atoms with Gasteiger partial charge >= 0.3 is 6.36 Å². The summed E-state index contributed by atoms with van der Waals surface area (Å²) in [6.45, 7) is -0.581. The highest BCUT2D eigenvalue weighted by Crippen LogP contribution is 2.31. The van der Waals surface area contributed by atoms with Gasteiger partial charge in [0, 0.05) is 6.54 Å². The van der Waals surface area contributed by atoms with Gasteiger partial charge in [0.05, 0.1) is 11.3 Å². The Morgan fingerprint density at radius 2 is 2.05 bits per heavy atom. The first-order valence-corrected chi connectivity index (χ1v) is 5.01. The van der Waals surface area contributed by atoms with Crippen LogP contribution in [-0.2, 0) is 6.54 Å². The minimum absolute atomic E-state index is 0.444. The molecule has 0 saturated carbocycles. The quantitative estimate of drug-likeness (QED) is 0.686. The van der Waals surface area contributed by atoms with E-state index in [1.54, 1.807) is 0 Å². The lowest BCUT2D eigenvalue weighted by Gasteiger charge is -2.14. The number of hydrogen-bond acceptors (Lipinski definition) is 4. The maximum Gasteiger partial charge on any atom is 0.573 e. The minimum Gasteiger partial charge on any atom is -0.404 e. The van der Waals surface area contributed by atoms with Crippen LogP contribution in [0.25, 0.3) is 0 Å². The van der Waals surface area contributed by atoms with Crippen LogP contribution in [-0.4, -0.2) is 16.6 Å². The van der Waals surface area contributed by atoms with Crippen LogP contribution in [0.15, 0.2) is 6.07 Å². The van der Waals surface area contributed by atoms with Gasteiger partial charge in [-0.1, -0.05) is 0 Å². The van der Waals surface area contributed by atoms with Crippen molar-refractivity contribution in [2.24, 2.45) is 5.73 Å². The van der Waals surface area contributed by atoms with Gasteiger partial charge in [-0.15, -0.1) is 13.2 Å². The summed E-state index contributed by atoms with van der Waals surface area (Å²) in [4.78, 5) is 14.1. The average Bonchev–Trinajstić information content (AvgIpc) is 2.25. The van der Waals surface area contributed by atoms with Crippen molar-refractivity contribution in [1.82, 2.24) is 4.98 Å². The molecule has 4 nitrogen and oxygen atoms in total. The minimum atomic E-state index is -5.08. The number of rotatable bonds is 4. The van der Waals surface area contributed by atoms with Gasteiger partial charge in [-0.25, -0.2) is 13.8 Å². The molecule has 0 atom stereocenters. The van der Waals surface area contributed by atoms with E-state index in [1.807, 2.05) is 0 Å². The largest absolute Gasteiger partial charge is 0.573 e. The number of halogens is 6. The first kappa shape index (κ1) is 15.6. The fourth-order valence-corrected chi connectivity index (χ4v) is 1.38. The molecule has 0 radical (unpaired) electrons. The molecule has 106 valence electrons. The zero-order valence-corrected chi connectivity index (χ0v) is 9.73. The van der Waals surface area contributed by atoms with E-state index in [-0.39, 0.29) is 0 Å². The van der Waals surface area contributed by atoms with Crippen LogP contribution in [0.3, 0.4) is 0 Å². The summed E-state index contributed by atoms with van der Waals surface area (Å²) in [6, 6.07) is 0.444. The maximum atomic E-state index is 12.6. The van der Waals surface area contributed by atoms with E-state index in [0.29, 0.717) is 6.07 Å². The van der Waals surface area contributed by atoms with Crippen molar-refractivity contribution >= 4 is 16.8 Å². The van der Waals surface area contributed by atoms with Gasteiger partial charge in [0.25, 0.3) is 11.7 Å². The predicted octanol–water partition coefficient (Wildman–Crippen LogP) is 2.76. The van der Waals surface area contributed by atoms with Crippen LogP contribution >= 0.6 is 11.6 Å². The summed E-state index contributed by atoms with van der Waals surface area (Å²) in [6.07, 6.45) is -8.27. The van der Waals surface area contributed by atoms with E-state index in [0.717, 1.165) is 0 Å². The molecule has 0 aliphatic carbocycles. The lowest BCUT2D eigenvalue weighted by atomic mass is 10.1. The van der Waals surface area contributed by atoms with Gasteiger partial charge in [0.2, 0.25) is 0 Å². The molecule has 19 heavy (non-hydrogen) atoms. The molecular formula is C9H6ClF5N2O2. The summed E-state index contributed by atoms with van der Waals surface area (Å²) in [5.41, 5.74) is 2.62. The Kier molecular flexibility index (Phi) is 4.64. The Morgan fingerprint density at radius 1 is 1.47 bits per heavy atom. The van der Waals surface area contributed by atoms with Gasteiger partial charge in [0.1, 0.15) is 5.69 Å². The normalized spacial score (nSPS) is 11.8. The van der Waals surface area contributed by atoms with Crippen molar-refractivity contribution in [3.05, 3.63) is 23.0 Å². The molecule has 10 heteroatoms. The molecule has 1 rings (SSSR count). The number of hydrogen-bond donors (Lipinski definition) is 1. The third-order valence-corrected chi connectivity index (χ3v) is 2.13. The molecule has 0 amide bonds. The molecule has 0 fully saturated rings. The van der Waals surface area contributed by atoms with Gasteiger partial charge < -0.3 is 10.5 Å². The van der Waals surface area contributed by atoms with E-state index < -0.39 is 47.3 Å². The maximum absolute atomic E-state index is 12.6. The monoisotopic (exact) mass is 304 g/mol. The molecule has 0 bridgehead atoms. The van der Waals surface area contributed by atoms with Gasteiger partial charge in [0.15, 0.2) is 5.75 Å². The lowest BCUT2D eigenvalue weighted by Crippen LogP contribution is -2.20. The Balaban J connectivity index is 3.40. The topological polar surface area (TPSA) is 65.2 Å². The second-order valence-corrected chi connectivity index (χ2v) is 3.54. The number of pyridine rings is 1. The molecule has 0 spiro atoms. The van der Waals surface area contributed by atoms with Crippen molar-refractivity contribution in [2.75, 3.05) is 0 Å². The number of carbonyl (C=O) groups excluding carboxylic acids is 1. The zero-order valence-electron chi connectivity index (χ0n) is 8.97. The van der Waals surface area contributed by atoms with Gasteiger partial charge in [-0.05, 0) is 17.7 Å². The van der Waals surface area contributed by atoms with Crippen molar-refractivity contribution < 1.29 is 31.5 Å². The summed E-state index contributed by atoms with van der Waals surface area (Å²) in [5.74, 6) is -0.941. The standard InChI is InChI=1S/C9H6ClF5N2O2/c10-7(18)3-1-5(19-9(13,14)15)4(2-16)17-6(3)8(11)12/h1,8H,2,16H2. The molecule has 0 aromatic carbocycles. The lowest BCUT2D eigenvalue weighted by molar-refractivity contribution is -0.275. The predicted molar refractivity (Wildman–Crippen MR) is 54.0 cm³/mol. The van der Waals surface area contributed by atoms with Crippen LogP contribution in [0.5, 0.6) is 5.75 Å². The number of nitrogens with zero attached hydrogens (tertiary/aromatic N) is 1. The van der Waals surface area contributed by atoms with Crippen molar-refractivity contribution in [2.45, 2.75) is 19.3 Å². The number of aromatic nitrogens is 1. The highest BCUT2D eigenvalue weighted by atomic mass is 35.5. The molecule has 1 aromatic rings. The first-order chi connectivity index (χ1) is 8.65. The summed E-state index contributed by atoms with van der Waals surface area (Å²) in [5, 5.41) is -1.38. The van der Waals surface area contributed by atoms with Crippen LogP contribution in [0.2, 0.25) is 0 Å². The van der Waals surface area contributed by atoms with E-state index in [4.69, 9.17) is 17.3 Å². The molecule has 1 aromatic heterocycles. The number of ether oxygens (including phenoxy) is 1. The number of nitrogens with two attached hydrogens (primary N) is 1. The van der Waals surface area contributed by atoms with Crippen LogP contribution in [0, 0.1) is 0 Å². The molecule has 0 unspecified atom stereocenters. The average molecular weight is 305 g/mol. The fourth-order valence-electron chi connectivity index (χ4n) is 1.23. The van der Waals surface area contributed by atoms with Gasteiger partial charge in [-0.3, -0.25) is 4.79 Å². The summed E-state index contributed by atoms with van der Waals surface area (Å²) in [7, 11) is 0. The summed E-state index contributed by atoms with van der Waals surface area (Å²) < 4.78 is 65.0. The Morgan fingerprint density at radius 3 is 2.42 bits per heavy atom. The van der Waals surface area contributed by atoms with Crippen molar-refractivity contribution in [3.8, 4) is 5.75 Å². The molecule has 2 N–H and O–H groups in total. The molecular weight excluding hydrogens is 299 g/mol. The molecule has 1 heterocycles. The van der Waals surface area contributed by atoms with Gasteiger partial charge in [-0.2, -0.15) is 0 Å². The third kappa shape index (κ3) is 4.00. The Hall–Kier alpha value is -1.48. The zero-order chi connectivity index (χ0) is 14.8. The first-order valence-electron chi connectivity index (χ1n) is 4.63. The number of alkyl halides is 5. The fraction of sp³-hybridized carbons (Fsp3) is 0.333. The SMILES string of the molecule is NCc1nc(C(F)F)c(C(=O)Cl)cc1OC(F)(F)F. The summed E-state index contributed by atoms with van der Waals surface area (Å²) >= 11 is 5.01. The Bertz CT molecular complexity index is 492. The van der Waals surface area contributed by atoms with E-state index in [2.05, 4.69) is 9.72 Å². The van der Waals surface area contributed by atoms with E-state index in [1.165, 1.54) is 0 Å². The van der Waals surface area contributed by atoms with Crippen molar-refractivity contribution in [3.63, 3.8) is 0 Å². The van der Waals surface area contributed by atoms with Crippen LogP contribution in [0.4, 0.5) is 22.0 Å². The third-order valence-electron chi connectivity index (χ3n) is 1.93.